The minimum absolute atomic E-state index is 0.145. The summed E-state index contributed by atoms with van der Waals surface area (Å²) < 4.78 is 0. The Morgan fingerprint density at radius 2 is 1.96 bits per heavy atom. The molecule has 0 aliphatic carbocycles. The second-order valence-corrected chi connectivity index (χ2v) is 7.57. The van der Waals surface area contributed by atoms with Gasteiger partial charge in [-0.1, -0.05) is 38.6 Å². The van der Waals surface area contributed by atoms with Gasteiger partial charge in [-0.25, -0.2) is 0 Å². The first kappa shape index (κ1) is 19.0. The highest BCUT2D eigenvalue weighted by molar-refractivity contribution is 8.14. The van der Waals surface area contributed by atoms with Gasteiger partial charge >= 0.3 is 0 Å². The van der Waals surface area contributed by atoms with E-state index in [4.69, 9.17) is 0 Å². The molecule has 8 heteroatoms. The Hall–Kier alpha value is -2.35. The first-order chi connectivity index (χ1) is 11.7. The number of rotatable bonds is 5. The second-order valence-electron chi connectivity index (χ2n) is 6.64. The minimum Gasteiger partial charge on any atom is -0.350 e. The van der Waals surface area contributed by atoms with Crippen molar-refractivity contribution in [3.63, 3.8) is 0 Å². The smallest absolute Gasteiger partial charge is 0.288 e. The van der Waals surface area contributed by atoms with Gasteiger partial charge in [-0.15, -0.1) is 0 Å². The van der Waals surface area contributed by atoms with Crippen LogP contribution in [0.4, 0.5) is 10.5 Å². The normalized spacial score (nSPS) is 14.6. The van der Waals surface area contributed by atoms with Gasteiger partial charge in [-0.3, -0.25) is 24.1 Å². The molecule has 0 saturated carbocycles. The fourth-order valence-electron chi connectivity index (χ4n) is 2.04. The minimum atomic E-state index is -0.537. The SMILES string of the molecule is CC(C)(C)C(=O)Nc1cccc(C(=O)NCCN2C(=O)CSC2=O)c1. The molecule has 1 saturated heterocycles. The second kappa shape index (κ2) is 7.69. The maximum Gasteiger partial charge on any atom is 0.288 e. The molecule has 1 aliphatic rings. The highest BCUT2D eigenvalue weighted by atomic mass is 32.2. The van der Waals surface area contributed by atoms with E-state index < -0.39 is 5.41 Å². The van der Waals surface area contributed by atoms with Crippen LogP contribution in [0.3, 0.4) is 0 Å². The maximum absolute atomic E-state index is 12.2. The zero-order chi connectivity index (χ0) is 18.6. The Morgan fingerprint density at radius 1 is 1.24 bits per heavy atom. The first-order valence-electron chi connectivity index (χ1n) is 7.85. The number of benzene rings is 1. The summed E-state index contributed by atoms with van der Waals surface area (Å²) >= 11 is 0.963. The molecule has 0 atom stereocenters. The van der Waals surface area contributed by atoms with Crippen LogP contribution in [-0.4, -0.2) is 46.7 Å². The van der Waals surface area contributed by atoms with Gasteiger partial charge in [-0.2, -0.15) is 0 Å². The molecule has 4 amide bonds. The molecule has 1 heterocycles. The van der Waals surface area contributed by atoms with Crippen molar-refractivity contribution < 1.29 is 19.2 Å². The number of hydrogen-bond donors (Lipinski definition) is 2. The van der Waals surface area contributed by atoms with Crippen molar-refractivity contribution in [2.24, 2.45) is 5.41 Å². The molecule has 1 aliphatic heterocycles. The van der Waals surface area contributed by atoms with Gasteiger partial charge in [0, 0.05) is 29.8 Å². The van der Waals surface area contributed by atoms with Crippen molar-refractivity contribution >= 4 is 40.4 Å². The summed E-state index contributed by atoms with van der Waals surface area (Å²) in [7, 11) is 0. The average molecular weight is 363 g/mol. The van der Waals surface area contributed by atoms with Crippen LogP contribution in [0, 0.1) is 5.41 Å². The lowest BCUT2D eigenvalue weighted by Gasteiger charge is -2.18. The molecule has 0 spiro atoms. The van der Waals surface area contributed by atoms with Gasteiger partial charge < -0.3 is 10.6 Å². The molecule has 134 valence electrons. The zero-order valence-corrected chi connectivity index (χ0v) is 15.2. The number of nitrogens with one attached hydrogen (secondary N) is 2. The fourth-order valence-corrected chi connectivity index (χ4v) is 2.79. The monoisotopic (exact) mass is 363 g/mol. The number of hydrogen-bond acceptors (Lipinski definition) is 5. The number of nitrogens with zero attached hydrogens (tertiary/aromatic N) is 1. The Balaban J connectivity index is 1.91. The van der Waals surface area contributed by atoms with E-state index in [1.165, 1.54) is 0 Å². The highest BCUT2D eigenvalue weighted by Gasteiger charge is 2.29. The van der Waals surface area contributed by atoms with Crippen LogP contribution in [0.15, 0.2) is 24.3 Å². The van der Waals surface area contributed by atoms with Crippen LogP contribution in [0.5, 0.6) is 0 Å². The van der Waals surface area contributed by atoms with E-state index in [0.29, 0.717) is 11.3 Å². The van der Waals surface area contributed by atoms with Crippen molar-refractivity contribution in [2.75, 3.05) is 24.2 Å². The summed E-state index contributed by atoms with van der Waals surface area (Å²) in [6.45, 7) is 5.74. The van der Waals surface area contributed by atoms with Gasteiger partial charge in [0.25, 0.3) is 11.1 Å². The van der Waals surface area contributed by atoms with E-state index in [-0.39, 0.29) is 41.8 Å². The molecule has 2 rings (SSSR count). The van der Waals surface area contributed by atoms with E-state index >= 15 is 0 Å². The molecule has 1 aromatic carbocycles. The van der Waals surface area contributed by atoms with Crippen molar-refractivity contribution in [1.29, 1.82) is 0 Å². The van der Waals surface area contributed by atoms with Crippen LogP contribution in [-0.2, 0) is 9.59 Å². The third kappa shape index (κ3) is 5.06. The summed E-state index contributed by atoms with van der Waals surface area (Å²) in [5.41, 5.74) is 0.388. The largest absolute Gasteiger partial charge is 0.350 e. The summed E-state index contributed by atoms with van der Waals surface area (Å²) in [6.07, 6.45) is 0. The van der Waals surface area contributed by atoms with Crippen LogP contribution in [0.2, 0.25) is 0 Å². The Morgan fingerprint density at radius 3 is 2.56 bits per heavy atom. The predicted molar refractivity (Wildman–Crippen MR) is 96.4 cm³/mol. The van der Waals surface area contributed by atoms with Crippen LogP contribution < -0.4 is 10.6 Å². The molecule has 0 aromatic heterocycles. The molecular formula is C17H21N3O4S. The summed E-state index contributed by atoms with van der Waals surface area (Å²) in [5.74, 6) is -0.564. The van der Waals surface area contributed by atoms with E-state index in [1.54, 1.807) is 45.0 Å². The van der Waals surface area contributed by atoms with Gasteiger partial charge in [0.2, 0.25) is 11.8 Å². The molecule has 1 aromatic rings. The van der Waals surface area contributed by atoms with Crippen molar-refractivity contribution in [3.05, 3.63) is 29.8 Å². The molecule has 1 fully saturated rings. The molecule has 0 bridgehead atoms. The average Bonchev–Trinajstić information content (AvgIpc) is 2.86. The predicted octanol–water partition coefficient (Wildman–Crippen LogP) is 2.10. The lowest BCUT2D eigenvalue weighted by atomic mass is 9.95. The lowest BCUT2D eigenvalue weighted by Crippen LogP contribution is -2.37. The van der Waals surface area contributed by atoms with Gasteiger partial charge in [0.1, 0.15) is 0 Å². The van der Waals surface area contributed by atoms with E-state index in [1.807, 2.05) is 0 Å². The van der Waals surface area contributed by atoms with E-state index in [2.05, 4.69) is 10.6 Å². The number of imide groups is 1. The number of amides is 4. The Labute approximate surface area is 150 Å². The number of anilines is 1. The highest BCUT2D eigenvalue weighted by Crippen LogP contribution is 2.19. The summed E-state index contributed by atoms with van der Waals surface area (Å²) in [5, 5.41) is 5.16. The Kier molecular flexibility index (Phi) is 5.84. The zero-order valence-electron chi connectivity index (χ0n) is 14.4. The van der Waals surface area contributed by atoms with Crippen LogP contribution in [0.25, 0.3) is 0 Å². The number of thioether (sulfide) groups is 1. The third-order valence-electron chi connectivity index (χ3n) is 3.53. The maximum atomic E-state index is 12.2. The topological polar surface area (TPSA) is 95.6 Å². The van der Waals surface area contributed by atoms with Gasteiger partial charge in [0.05, 0.1) is 5.75 Å². The molecule has 0 radical (unpaired) electrons. The summed E-state index contributed by atoms with van der Waals surface area (Å²) in [4.78, 5) is 48.3. The molecular weight excluding hydrogens is 342 g/mol. The van der Waals surface area contributed by atoms with Crippen LogP contribution >= 0.6 is 11.8 Å². The van der Waals surface area contributed by atoms with Gasteiger partial charge in [-0.05, 0) is 18.2 Å². The fraction of sp³-hybridized carbons (Fsp3) is 0.412. The van der Waals surface area contributed by atoms with Crippen LogP contribution in [0.1, 0.15) is 31.1 Å². The number of carbonyl (C=O) groups is 4. The quantitative estimate of drug-likeness (QED) is 0.835. The molecule has 2 N–H and O–H groups in total. The molecule has 0 unspecified atom stereocenters. The molecule has 25 heavy (non-hydrogen) atoms. The summed E-state index contributed by atoms with van der Waals surface area (Å²) in [6, 6.07) is 6.60. The van der Waals surface area contributed by atoms with E-state index in [0.717, 1.165) is 16.7 Å². The van der Waals surface area contributed by atoms with Crippen molar-refractivity contribution in [2.45, 2.75) is 20.8 Å². The van der Waals surface area contributed by atoms with Crippen molar-refractivity contribution in [1.82, 2.24) is 10.2 Å². The first-order valence-corrected chi connectivity index (χ1v) is 8.84. The standard InChI is InChI=1S/C17H21N3O4S/c1-17(2,3)15(23)19-12-6-4-5-11(9-12)14(22)18-7-8-20-13(21)10-25-16(20)24/h4-6,9H,7-8,10H2,1-3H3,(H,18,22)(H,19,23). The lowest BCUT2D eigenvalue weighted by molar-refractivity contribution is -0.124. The van der Waals surface area contributed by atoms with Gasteiger partial charge in [0.15, 0.2) is 0 Å². The third-order valence-corrected chi connectivity index (χ3v) is 4.38. The number of carbonyl (C=O) groups excluding carboxylic acids is 4. The van der Waals surface area contributed by atoms with Crippen molar-refractivity contribution in [3.8, 4) is 0 Å². The molecule has 7 nitrogen and oxygen atoms in total. The van der Waals surface area contributed by atoms with E-state index in [9.17, 15) is 19.2 Å². The Bertz CT molecular complexity index is 696.